The number of carboxylic acid groups (broad SMARTS) is 1. The van der Waals surface area contributed by atoms with Crippen molar-refractivity contribution in [3.05, 3.63) is 30.3 Å². The second-order valence-corrected chi connectivity index (χ2v) is 5.68. The zero-order valence-electron chi connectivity index (χ0n) is 13.1. The molecule has 0 aliphatic rings. The number of carboxylic acids is 1. The third-order valence-electron chi connectivity index (χ3n) is 3.30. The van der Waals surface area contributed by atoms with Gasteiger partial charge in [-0.05, 0) is 37.4 Å². The van der Waals surface area contributed by atoms with Gasteiger partial charge in [-0.25, -0.2) is 0 Å². The molecule has 0 fully saturated rings. The lowest BCUT2D eigenvalue weighted by Gasteiger charge is -2.22. The SMILES string of the molecule is CC(C)CCN(CCCOc1ccccc1)CCC(=O)O. The number of carbonyl (C=O) groups is 1. The zero-order chi connectivity index (χ0) is 15.5. The maximum Gasteiger partial charge on any atom is 0.304 e. The molecule has 21 heavy (non-hydrogen) atoms. The highest BCUT2D eigenvalue weighted by Crippen LogP contribution is 2.09. The number of para-hydroxylation sites is 1. The van der Waals surface area contributed by atoms with E-state index in [9.17, 15) is 4.79 Å². The van der Waals surface area contributed by atoms with E-state index >= 15 is 0 Å². The maximum absolute atomic E-state index is 10.7. The number of rotatable bonds is 11. The van der Waals surface area contributed by atoms with Crippen LogP contribution in [0.25, 0.3) is 0 Å². The molecule has 0 amide bonds. The van der Waals surface area contributed by atoms with Gasteiger partial charge in [0.1, 0.15) is 5.75 Å². The van der Waals surface area contributed by atoms with Gasteiger partial charge in [0, 0.05) is 13.1 Å². The molecule has 0 aromatic heterocycles. The molecule has 1 N–H and O–H groups in total. The molecule has 118 valence electrons. The van der Waals surface area contributed by atoms with Crippen LogP contribution in [0.1, 0.15) is 33.1 Å². The molecule has 0 heterocycles. The summed E-state index contributed by atoms with van der Waals surface area (Å²) in [4.78, 5) is 12.9. The van der Waals surface area contributed by atoms with Crippen LogP contribution in [0.2, 0.25) is 0 Å². The Morgan fingerprint density at radius 2 is 1.90 bits per heavy atom. The molecule has 0 aliphatic carbocycles. The number of benzene rings is 1. The van der Waals surface area contributed by atoms with Crippen molar-refractivity contribution in [1.29, 1.82) is 0 Å². The standard InChI is InChI=1S/C17H27NO3/c1-15(2)9-12-18(13-10-17(19)20)11-6-14-21-16-7-4-3-5-8-16/h3-5,7-8,15H,6,9-14H2,1-2H3,(H,19,20). The van der Waals surface area contributed by atoms with Gasteiger partial charge in [0.15, 0.2) is 0 Å². The molecule has 0 radical (unpaired) electrons. The average molecular weight is 293 g/mol. The Balaban J connectivity index is 2.25. The van der Waals surface area contributed by atoms with E-state index in [2.05, 4.69) is 18.7 Å². The molecular formula is C17H27NO3. The van der Waals surface area contributed by atoms with E-state index in [-0.39, 0.29) is 6.42 Å². The second-order valence-electron chi connectivity index (χ2n) is 5.68. The normalized spacial score (nSPS) is 11.0. The summed E-state index contributed by atoms with van der Waals surface area (Å²) in [6.45, 7) is 7.49. The molecule has 0 saturated heterocycles. The lowest BCUT2D eigenvalue weighted by molar-refractivity contribution is -0.137. The van der Waals surface area contributed by atoms with E-state index in [1.165, 1.54) is 0 Å². The Bertz CT molecular complexity index is 392. The first-order valence-electron chi connectivity index (χ1n) is 7.70. The zero-order valence-corrected chi connectivity index (χ0v) is 13.1. The minimum absolute atomic E-state index is 0.206. The summed E-state index contributed by atoms with van der Waals surface area (Å²) in [5, 5.41) is 8.81. The highest BCUT2D eigenvalue weighted by atomic mass is 16.5. The molecule has 1 rings (SSSR count). The maximum atomic E-state index is 10.7. The molecule has 0 spiro atoms. The van der Waals surface area contributed by atoms with Crippen LogP contribution in [0, 0.1) is 5.92 Å². The van der Waals surface area contributed by atoms with Crippen LogP contribution in [0.5, 0.6) is 5.75 Å². The molecule has 0 aliphatic heterocycles. The minimum atomic E-state index is -0.731. The first-order valence-corrected chi connectivity index (χ1v) is 7.70. The molecule has 0 atom stereocenters. The Morgan fingerprint density at radius 1 is 1.19 bits per heavy atom. The van der Waals surface area contributed by atoms with Crippen molar-refractivity contribution in [3.63, 3.8) is 0 Å². The summed E-state index contributed by atoms with van der Waals surface area (Å²) in [5.74, 6) is 0.791. The number of nitrogens with zero attached hydrogens (tertiary/aromatic N) is 1. The minimum Gasteiger partial charge on any atom is -0.494 e. The number of ether oxygens (including phenoxy) is 1. The highest BCUT2D eigenvalue weighted by molar-refractivity contribution is 5.66. The van der Waals surface area contributed by atoms with Crippen LogP contribution in [0.15, 0.2) is 30.3 Å². The van der Waals surface area contributed by atoms with Gasteiger partial charge in [-0.1, -0.05) is 32.0 Å². The molecule has 4 heteroatoms. The Hall–Kier alpha value is -1.55. The predicted octanol–water partition coefficient (Wildman–Crippen LogP) is 3.28. The summed E-state index contributed by atoms with van der Waals surface area (Å²) in [6, 6.07) is 9.77. The van der Waals surface area contributed by atoms with Crippen LogP contribution in [0.4, 0.5) is 0 Å². The van der Waals surface area contributed by atoms with E-state index < -0.39 is 5.97 Å². The van der Waals surface area contributed by atoms with E-state index in [4.69, 9.17) is 9.84 Å². The van der Waals surface area contributed by atoms with Gasteiger partial charge in [-0.3, -0.25) is 4.79 Å². The largest absolute Gasteiger partial charge is 0.494 e. The molecular weight excluding hydrogens is 266 g/mol. The summed E-state index contributed by atoms with van der Waals surface area (Å²) < 4.78 is 5.66. The summed E-state index contributed by atoms with van der Waals surface area (Å²) in [6.07, 6.45) is 2.21. The fourth-order valence-corrected chi connectivity index (χ4v) is 2.02. The van der Waals surface area contributed by atoms with Crippen LogP contribution >= 0.6 is 0 Å². The monoisotopic (exact) mass is 293 g/mol. The van der Waals surface area contributed by atoms with E-state index in [0.29, 0.717) is 19.1 Å². The Labute approximate surface area is 127 Å². The van der Waals surface area contributed by atoms with E-state index in [0.717, 1.165) is 31.7 Å². The fourth-order valence-electron chi connectivity index (χ4n) is 2.02. The highest BCUT2D eigenvalue weighted by Gasteiger charge is 2.08. The third kappa shape index (κ3) is 9.08. The molecule has 0 unspecified atom stereocenters. The summed E-state index contributed by atoms with van der Waals surface area (Å²) in [7, 11) is 0. The van der Waals surface area contributed by atoms with Gasteiger partial charge >= 0.3 is 5.97 Å². The van der Waals surface area contributed by atoms with Crippen LogP contribution < -0.4 is 4.74 Å². The second kappa shape index (κ2) is 10.2. The molecule has 0 saturated carbocycles. The lowest BCUT2D eigenvalue weighted by atomic mass is 10.1. The van der Waals surface area contributed by atoms with Gasteiger partial charge < -0.3 is 14.7 Å². The Kier molecular flexibility index (Phi) is 8.51. The van der Waals surface area contributed by atoms with Gasteiger partial charge in [0.2, 0.25) is 0 Å². The third-order valence-corrected chi connectivity index (χ3v) is 3.30. The Morgan fingerprint density at radius 3 is 2.52 bits per heavy atom. The predicted molar refractivity (Wildman–Crippen MR) is 84.7 cm³/mol. The number of hydrogen-bond donors (Lipinski definition) is 1. The topological polar surface area (TPSA) is 49.8 Å². The first-order chi connectivity index (χ1) is 10.1. The van der Waals surface area contributed by atoms with Crippen LogP contribution in [-0.2, 0) is 4.79 Å². The molecule has 1 aromatic rings. The summed E-state index contributed by atoms with van der Waals surface area (Å²) >= 11 is 0. The first kappa shape index (κ1) is 17.5. The number of hydrogen-bond acceptors (Lipinski definition) is 3. The van der Waals surface area contributed by atoms with Crippen LogP contribution in [0.3, 0.4) is 0 Å². The van der Waals surface area contributed by atoms with Crippen molar-refractivity contribution in [2.45, 2.75) is 33.1 Å². The van der Waals surface area contributed by atoms with Gasteiger partial charge in [0.05, 0.1) is 13.0 Å². The number of aliphatic carboxylic acids is 1. The molecule has 0 bridgehead atoms. The smallest absolute Gasteiger partial charge is 0.304 e. The molecule has 1 aromatic carbocycles. The van der Waals surface area contributed by atoms with Crippen molar-refractivity contribution >= 4 is 5.97 Å². The van der Waals surface area contributed by atoms with Crippen molar-refractivity contribution in [2.24, 2.45) is 5.92 Å². The quantitative estimate of drug-likeness (QED) is 0.636. The summed E-state index contributed by atoms with van der Waals surface area (Å²) in [5.41, 5.74) is 0. The van der Waals surface area contributed by atoms with Gasteiger partial charge in [-0.2, -0.15) is 0 Å². The van der Waals surface area contributed by atoms with Gasteiger partial charge in [-0.15, -0.1) is 0 Å². The average Bonchev–Trinajstić information content (AvgIpc) is 2.46. The van der Waals surface area contributed by atoms with E-state index in [1.807, 2.05) is 30.3 Å². The van der Waals surface area contributed by atoms with Crippen molar-refractivity contribution in [1.82, 2.24) is 4.90 Å². The lowest BCUT2D eigenvalue weighted by Crippen LogP contribution is -2.30. The van der Waals surface area contributed by atoms with Crippen LogP contribution in [-0.4, -0.2) is 42.2 Å². The van der Waals surface area contributed by atoms with Crippen molar-refractivity contribution in [2.75, 3.05) is 26.2 Å². The van der Waals surface area contributed by atoms with Crippen molar-refractivity contribution in [3.8, 4) is 5.75 Å². The fraction of sp³-hybridized carbons (Fsp3) is 0.588. The van der Waals surface area contributed by atoms with Crippen molar-refractivity contribution < 1.29 is 14.6 Å². The van der Waals surface area contributed by atoms with Gasteiger partial charge in [0.25, 0.3) is 0 Å². The molecule has 4 nitrogen and oxygen atoms in total. The van der Waals surface area contributed by atoms with E-state index in [1.54, 1.807) is 0 Å².